The maximum atomic E-state index is 11.5. The third kappa shape index (κ3) is 3.35. The molecule has 1 aliphatic rings. The molecule has 0 bridgehead atoms. The molecular weight excluding hydrogens is 164 g/mol. The van der Waals surface area contributed by atoms with E-state index in [4.69, 9.17) is 0 Å². The van der Waals surface area contributed by atoms with Crippen LogP contribution < -0.4 is 5.43 Å². The second-order valence-electron chi connectivity index (χ2n) is 3.83. The number of carbonyl (C=O) groups is 1. The van der Waals surface area contributed by atoms with Crippen molar-refractivity contribution in [1.82, 2.24) is 10.4 Å². The lowest BCUT2D eigenvalue weighted by molar-refractivity contribution is -0.130. The molecule has 3 heteroatoms. The summed E-state index contributed by atoms with van der Waals surface area (Å²) >= 11 is 0. The predicted octanol–water partition coefficient (Wildman–Crippen LogP) is 1.55. The largest absolute Gasteiger partial charge is 0.289 e. The van der Waals surface area contributed by atoms with E-state index in [9.17, 15) is 4.79 Å². The third-order valence-corrected chi connectivity index (χ3v) is 2.68. The number of carbonyl (C=O) groups excluding carboxylic acids is 1. The lowest BCUT2D eigenvalue weighted by Gasteiger charge is -2.27. The first kappa shape index (κ1) is 10.5. The summed E-state index contributed by atoms with van der Waals surface area (Å²) < 4.78 is 0. The Labute approximate surface area is 80.5 Å². The van der Waals surface area contributed by atoms with Crippen molar-refractivity contribution in [3.8, 4) is 0 Å². The molecule has 0 radical (unpaired) electrons. The van der Waals surface area contributed by atoms with Gasteiger partial charge in [0, 0.05) is 19.0 Å². The third-order valence-electron chi connectivity index (χ3n) is 2.68. The van der Waals surface area contributed by atoms with Gasteiger partial charge in [-0.2, -0.15) is 0 Å². The van der Waals surface area contributed by atoms with Crippen molar-refractivity contribution in [2.24, 2.45) is 5.92 Å². The number of amides is 1. The minimum Gasteiger partial charge on any atom is -0.289 e. The molecule has 1 heterocycles. The molecule has 1 fully saturated rings. The van der Waals surface area contributed by atoms with E-state index >= 15 is 0 Å². The van der Waals surface area contributed by atoms with Gasteiger partial charge >= 0.3 is 0 Å². The fourth-order valence-corrected chi connectivity index (χ4v) is 1.46. The first-order valence-corrected chi connectivity index (χ1v) is 5.29. The highest BCUT2D eigenvalue weighted by molar-refractivity contribution is 5.77. The van der Waals surface area contributed by atoms with Gasteiger partial charge < -0.3 is 0 Å². The summed E-state index contributed by atoms with van der Waals surface area (Å²) in [6.07, 6.45) is 4.64. The van der Waals surface area contributed by atoms with E-state index in [1.54, 1.807) is 0 Å². The summed E-state index contributed by atoms with van der Waals surface area (Å²) in [6.45, 7) is 6.05. The Morgan fingerprint density at radius 2 is 2.00 bits per heavy atom. The molecule has 1 saturated heterocycles. The molecule has 1 amide bonds. The number of hydrazine groups is 1. The number of hydrogen-bond acceptors (Lipinski definition) is 2. The Hall–Kier alpha value is -0.570. The van der Waals surface area contributed by atoms with E-state index in [0.717, 1.165) is 19.5 Å². The van der Waals surface area contributed by atoms with Gasteiger partial charge in [0.15, 0.2) is 0 Å². The van der Waals surface area contributed by atoms with Gasteiger partial charge in [-0.05, 0) is 19.3 Å². The van der Waals surface area contributed by atoms with Gasteiger partial charge in [0.05, 0.1) is 0 Å². The Morgan fingerprint density at radius 1 is 1.38 bits per heavy atom. The highest BCUT2D eigenvalue weighted by Gasteiger charge is 2.15. The first-order valence-electron chi connectivity index (χ1n) is 5.29. The lowest BCUT2D eigenvalue weighted by Crippen LogP contribution is -2.46. The molecule has 1 N–H and O–H groups in total. The van der Waals surface area contributed by atoms with Gasteiger partial charge in [-0.1, -0.05) is 20.3 Å². The van der Waals surface area contributed by atoms with Crippen molar-refractivity contribution in [2.45, 2.75) is 39.5 Å². The molecule has 1 unspecified atom stereocenters. The molecule has 1 rings (SSSR count). The molecule has 1 atom stereocenters. The minimum atomic E-state index is 0.141. The van der Waals surface area contributed by atoms with E-state index in [1.165, 1.54) is 19.3 Å². The summed E-state index contributed by atoms with van der Waals surface area (Å²) in [6, 6.07) is 0. The van der Waals surface area contributed by atoms with Crippen LogP contribution in [0.2, 0.25) is 0 Å². The fraction of sp³-hybridized carbons (Fsp3) is 0.900. The SMILES string of the molecule is CCC(C)C(=O)NN1CCCCC1. The Kier molecular flexibility index (Phi) is 4.22. The van der Waals surface area contributed by atoms with Crippen LogP contribution in [0.5, 0.6) is 0 Å². The van der Waals surface area contributed by atoms with E-state index in [-0.39, 0.29) is 11.8 Å². The number of piperidine rings is 1. The molecule has 0 aromatic carbocycles. The standard InChI is InChI=1S/C10H20N2O/c1-3-9(2)10(13)11-12-7-5-4-6-8-12/h9H,3-8H2,1-2H3,(H,11,13). The van der Waals surface area contributed by atoms with Gasteiger partial charge in [-0.15, -0.1) is 0 Å². The maximum absolute atomic E-state index is 11.5. The lowest BCUT2D eigenvalue weighted by atomic mass is 10.1. The van der Waals surface area contributed by atoms with Crippen LogP contribution in [-0.4, -0.2) is 24.0 Å². The van der Waals surface area contributed by atoms with Crippen LogP contribution in [0.1, 0.15) is 39.5 Å². The molecule has 13 heavy (non-hydrogen) atoms. The van der Waals surface area contributed by atoms with Gasteiger partial charge in [-0.25, -0.2) is 5.01 Å². The zero-order chi connectivity index (χ0) is 9.68. The van der Waals surface area contributed by atoms with Crippen molar-refractivity contribution in [2.75, 3.05) is 13.1 Å². The predicted molar refractivity (Wildman–Crippen MR) is 53.0 cm³/mol. The molecule has 0 aliphatic carbocycles. The number of rotatable bonds is 3. The van der Waals surface area contributed by atoms with Crippen molar-refractivity contribution < 1.29 is 4.79 Å². The Morgan fingerprint density at radius 3 is 2.54 bits per heavy atom. The van der Waals surface area contributed by atoms with Gasteiger partial charge in [-0.3, -0.25) is 10.2 Å². The van der Waals surface area contributed by atoms with Crippen LogP contribution in [0.15, 0.2) is 0 Å². The highest BCUT2D eigenvalue weighted by atomic mass is 16.2. The quantitative estimate of drug-likeness (QED) is 0.721. The molecule has 0 saturated carbocycles. The summed E-state index contributed by atoms with van der Waals surface area (Å²) in [5, 5.41) is 2.05. The van der Waals surface area contributed by atoms with Crippen molar-refractivity contribution in [3.63, 3.8) is 0 Å². The van der Waals surface area contributed by atoms with Gasteiger partial charge in [0.2, 0.25) is 5.91 Å². The van der Waals surface area contributed by atoms with E-state index in [1.807, 2.05) is 13.8 Å². The maximum Gasteiger partial charge on any atom is 0.237 e. The molecule has 0 aromatic heterocycles. The van der Waals surface area contributed by atoms with E-state index < -0.39 is 0 Å². The van der Waals surface area contributed by atoms with Crippen molar-refractivity contribution in [1.29, 1.82) is 0 Å². The number of nitrogens with zero attached hydrogens (tertiary/aromatic N) is 1. The second-order valence-corrected chi connectivity index (χ2v) is 3.83. The average molecular weight is 184 g/mol. The Bertz CT molecular complexity index is 164. The summed E-state index contributed by atoms with van der Waals surface area (Å²) in [5.41, 5.74) is 2.96. The smallest absolute Gasteiger partial charge is 0.237 e. The normalized spacial score (nSPS) is 21.1. The molecular formula is C10H20N2O. The van der Waals surface area contributed by atoms with Gasteiger partial charge in [0.25, 0.3) is 0 Å². The number of nitrogens with one attached hydrogen (secondary N) is 1. The number of hydrogen-bond donors (Lipinski definition) is 1. The minimum absolute atomic E-state index is 0.141. The van der Waals surface area contributed by atoms with Crippen molar-refractivity contribution in [3.05, 3.63) is 0 Å². The van der Waals surface area contributed by atoms with Crippen molar-refractivity contribution >= 4 is 5.91 Å². The summed E-state index contributed by atoms with van der Waals surface area (Å²) in [5.74, 6) is 0.311. The topological polar surface area (TPSA) is 32.3 Å². The molecule has 3 nitrogen and oxygen atoms in total. The zero-order valence-electron chi connectivity index (χ0n) is 8.68. The Balaban J connectivity index is 2.26. The van der Waals surface area contributed by atoms with Crippen LogP contribution in [-0.2, 0) is 4.79 Å². The first-order chi connectivity index (χ1) is 6.24. The van der Waals surface area contributed by atoms with Crippen LogP contribution in [0.25, 0.3) is 0 Å². The van der Waals surface area contributed by atoms with E-state index in [0.29, 0.717) is 0 Å². The van der Waals surface area contributed by atoms with Crippen LogP contribution >= 0.6 is 0 Å². The van der Waals surface area contributed by atoms with Crippen LogP contribution in [0.3, 0.4) is 0 Å². The van der Waals surface area contributed by atoms with Crippen LogP contribution in [0, 0.1) is 5.92 Å². The summed E-state index contributed by atoms with van der Waals surface area (Å²) in [4.78, 5) is 11.5. The van der Waals surface area contributed by atoms with Gasteiger partial charge in [0.1, 0.15) is 0 Å². The summed E-state index contributed by atoms with van der Waals surface area (Å²) in [7, 11) is 0. The van der Waals surface area contributed by atoms with Crippen LogP contribution in [0.4, 0.5) is 0 Å². The zero-order valence-corrected chi connectivity index (χ0v) is 8.68. The molecule has 0 aromatic rings. The molecule has 0 spiro atoms. The second kappa shape index (κ2) is 5.22. The fourth-order valence-electron chi connectivity index (χ4n) is 1.46. The highest BCUT2D eigenvalue weighted by Crippen LogP contribution is 2.07. The molecule has 76 valence electrons. The average Bonchev–Trinajstić information content (AvgIpc) is 2.18. The monoisotopic (exact) mass is 184 g/mol. The molecule has 1 aliphatic heterocycles. The van der Waals surface area contributed by atoms with E-state index in [2.05, 4.69) is 10.4 Å².